The van der Waals surface area contributed by atoms with Gasteiger partial charge in [0.1, 0.15) is 36.8 Å². The SMILES string of the molecule is CCN1CCOc2ccccc2C(=O)N[C@H](C(=O)N(C)CCOc2ccc(Cl)cc2)CC(=O)N[C@@H](CC(C)C)C1=O. The van der Waals surface area contributed by atoms with Crippen molar-refractivity contribution in [2.75, 3.05) is 39.9 Å². The fraction of sp³-hybridized carbons (Fsp3) is 0.467. The number of carbonyl (C=O) groups is 4. The van der Waals surface area contributed by atoms with Gasteiger partial charge in [0.2, 0.25) is 17.7 Å². The van der Waals surface area contributed by atoms with E-state index in [9.17, 15) is 19.2 Å². The summed E-state index contributed by atoms with van der Waals surface area (Å²) in [5, 5.41) is 6.11. The number of benzene rings is 2. The highest BCUT2D eigenvalue weighted by atomic mass is 35.5. The van der Waals surface area contributed by atoms with E-state index in [1.807, 2.05) is 20.8 Å². The van der Waals surface area contributed by atoms with Crippen molar-refractivity contribution in [1.82, 2.24) is 20.4 Å². The van der Waals surface area contributed by atoms with Crippen molar-refractivity contribution in [2.45, 2.75) is 45.7 Å². The lowest BCUT2D eigenvalue weighted by molar-refractivity contribution is -0.138. The minimum Gasteiger partial charge on any atom is -0.492 e. The minimum atomic E-state index is -1.18. The van der Waals surface area contributed by atoms with E-state index in [0.717, 1.165) is 0 Å². The average Bonchev–Trinajstić information content (AvgIpc) is 2.94. The number of hydrogen-bond donors (Lipinski definition) is 2. The highest BCUT2D eigenvalue weighted by Gasteiger charge is 2.31. The van der Waals surface area contributed by atoms with Gasteiger partial charge in [-0.1, -0.05) is 37.6 Å². The fourth-order valence-corrected chi connectivity index (χ4v) is 4.59. The first-order chi connectivity index (χ1) is 19.6. The molecule has 2 aromatic carbocycles. The van der Waals surface area contributed by atoms with Crippen LogP contribution >= 0.6 is 11.6 Å². The monoisotopic (exact) mass is 586 g/mol. The molecule has 2 N–H and O–H groups in total. The summed E-state index contributed by atoms with van der Waals surface area (Å²) in [6, 6.07) is 11.6. The number of fused-ring (bicyclic) bond motifs is 1. The molecule has 2 atom stereocenters. The molecule has 11 heteroatoms. The van der Waals surface area contributed by atoms with Crippen LogP contribution in [0.5, 0.6) is 11.5 Å². The summed E-state index contributed by atoms with van der Waals surface area (Å²) >= 11 is 5.91. The van der Waals surface area contributed by atoms with Crippen LogP contribution in [0.1, 0.15) is 44.0 Å². The number of nitrogens with zero attached hydrogens (tertiary/aromatic N) is 2. The Morgan fingerprint density at radius 3 is 2.51 bits per heavy atom. The molecule has 0 saturated heterocycles. The number of amides is 4. The van der Waals surface area contributed by atoms with Crippen molar-refractivity contribution in [1.29, 1.82) is 0 Å². The molecule has 41 heavy (non-hydrogen) atoms. The van der Waals surface area contributed by atoms with Gasteiger partial charge < -0.3 is 29.9 Å². The number of hydrogen-bond acceptors (Lipinski definition) is 6. The first kappa shape index (κ1) is 31.7. The van der Waals surface area contributed by atoms with Gasteiger partial charge in [0, 0.05) is 18.6 Å². The number of para-hydroxylation sites is 1. The van der Waals surface area contributed by atoms with Crippen molar-refractivity contribution in [3.8, 4) is 11.5 Å². The summed E-state index contributed by atoms with van der Waals surface area (Å²) in [6.07, 6.45) is 0.0850. The zero-order chi connectivity index (χ0) is 29.9. The molecule has 1 heterocycles. The fourth-order valence-electron chi connectivity index (χ4n) is 4.47. The molecule has 0 bridgehead atoms. The number of nitrogens with one attached hydrogen (secondary N) is 2. The van der Waals surface area contributed by atoms with Crippen LogP contribution in [0.3, 0.4) is 0 Å². The number of likely N-dealkylation sites (N-methyl/N-ethyl adjacent to an activating group) is 2. The Labute approximate surface area is 246 Å². The van der Waals surface area contributed by atoms with Crippen molar-refractivity contribution in [2.24, 2.45) is 5.92 Å². The van der Waals surface area contributed by atoms with Crippen LogP contribution in [0.15, 0.2) is 48.5 Å². The third-order valence-corrected chi connectivity index (χ3v) is 6.91. The molecule has 1 aliphatic heterocycles. The number of ether oxygens (including phenoxy) is 2. The molecule has 2 aromatic rings. The second-order valence-corrected chi connectivity index (χ2v) is 10.7. The first-order valence-electron chi connectivity index (χ1n) is 13.8. The molecule has 222 valence electrons. The van der Waals surface area contributed by atoms with E-state index in [0.29, 0.717) is 36.0 Å². The van der Waals surface area contributed by atoms with E-state index in [-0.39, 0.29) is 43.6 Å². The predicted octanol–water partition coefficient (Wildman–Crippen LogP) is 3.14. The van der Waals surface area contributed by atoms with Crippen LogP contribution < -0.4 is 20.1 Å². The summed E-state index contributed by atoms with van der Waals surface area (Å²) in [5.74, 6) is -0.687. The summed E-state index contributed by atoms with van der Waals surface area (Å²) in [6.45, 7) is 7.06. The van der Waals surface area contributed by atoms with Gasteiger partial charge in [-0.25, -0.2) is 0 Å². The maximum absolute atomic E-state index is 13.5. The van der Waals surface area contributed by atoms with E-state index in [1.165, 1.54) is 4.90 Å². The van der Waals surface area contributed by atoms with Gasteiger partial charge in [0.05, 0.1) is 25.1 Å². The molecule has 0 saturated carbocycles. The Morgan fingerprint density at radius 1 is 1.12 bits per heavy atom. The first-order valence-corrected chi connectivity index (χ1v) is 14.2. The predicted molar refractivity (Wildman–Crippen MR) is 156 cm³/mol. The quantitative estimate of drug-likeness (QED) is 0.491. The minimum absolute atomic E-state index is 0.133. The van der Waals surface area contributed by atoms with Crippen molar-refractivity contribution in [3.63, 3.8) is 0 Å². The number of halogens is 1. The van der Waals surface area contributed by atoms with E-state index < -0.39 is 29.8 Å². The van der Waals surface area contributed by atoms with E-state index in [4.69, 9.17) is 21.1 Å². The third-order valence-electron chi connectivity index (χ3n) is 6.66. The van der Waals surface area contributed by atoms with Crippen LogP contribution in [0, 0.1) is 5.92 Å². The van der Waals surface area contributed by atoms with Gasteiger partial charge in [-0.3, -0.25) is 19.2 Å². The molecule has 10 nitrogen and oxygen atoms in total. The maximum Gasteiger partial charge on any atom is 0.255 e. The standard InChI is InChI=1S/C30H39ClN4O6/c1-5-35-15-17-41-26-9-7-6-8-23(26)28(37)33-25(19-27(36)32-24(30(35)39)18-20(2)3)29(38)34(4)14-16-40-22-12-10-21(31)11-13-22/h6-13,20,24-25H,5,14-19H2,1-4H3,(H,32,36)(H,33,37)/t24-,25-/m0/s1. The highest BCUT2D eigenvalue weighted by molar-refractivity contribution is 6.30. The molecule has 0 fully saturated rings. The Bertz CT molecular complexity index is 1210. The molecular weight excluding hydrogens is 548 g/mol. The van der Waals surface area contributed by atoms with Gasteiger partial charge in [0.25, 0.3) is 5.91 Å². The second kappa shape index (κ2) is 15.3. The lowest BCUT2D eigenvalue weighted by Gasteiger charge is -2.29. The molecule has 0 aromatic heterocycles. The lowest BCUT2D eigenvalue weighted by atomic mass is 10.0. The summed E-state index contributed by atoms with van der Waals surface area (Å²) in [7, 11) is 1.57. The molecule has 0 aliphatic carbocycles. The Balaban J connectivity index is 1.83. The van der Waals surface area contributed by atoms with Gasteiger partial charge in [-0.15, -0.1) is 0 Å². The average molecular weight is 587 g/mol. The number of rotatable bonds is 8. The third kappa shape index (κ3) is 9.38. The van der Waals surface area contributed by atoms with Gasteiger partial charge in [-0.2, -0.15) is 0 Å². The van der Waals surface area contributed by atoms with Crippen molar-refractivity contribution < 1.29 is 28.7 Å². The molecule has 0 unspecified atom stereocenters. The molecule has 0 spiro atoms. The Kier molecular flexibility index (Phi) is 11.8. The van der Waals surface area contributed by atoms with E-state index >= 15 is 0 Å². The zero-order valence-corrected chi connectivity index (χ0v) is 24.8. The van der Waals surface area contributed by atoms with Crippen LogP contribution in [0.4, 0.5) is 0 Å². The van der Waals surface area contributed by atoms with Gasteiger partial charge >= 0.3 is 0 Å². The topological polar surface area (TPSA) is 117 Å². The van der Waals surface area contributed by atoms with Crippen LogP contribution in [0.25, 0.3) is 0 Å². The highest BCUT2D eigenvalue weighted by Crippen LogP contribution is 2.20. The largest absolute Gasteiger partial charge is 0.492 e. The molecule has 4 amide bonds. The summed E-state index contributed by atoms with van der Waals surface area (Å²) in [5.41, 5.74) is 0.226. The van der Waals surface area contributed by atoms with Crippen LogP contribution in [-0.4, -0.2) is 85.4 Å². The van der Waals surface area contributed by atoms with Crippen molar-refractivity contribution >= 4 is 35.2 Å². The normalized spacial score (nSPS) is 18.5. The Morgan fingerprint density at radius 2 is 1.83 bits per heavy atom. The smallest absolute Gasteiger partial charge is 0.255 e. The molecule has 3 rings (SSSR count). The second-order valence-electron chi connectivity index (χ2n) is 10.3. The Hall–Kier alpha value is -3.79. The lowest BCUT2D eigenvalue weighted by Crippen LogP contribution is -2.54. The molecule has 0 radical (unpaired) electrons. The van der Waals surface area contributed by atoms with Crippen LogP contribution in [0.2, 0.25) is 5.02 Å². The zero-order valence-electron chi connectivity index (χ0n) is 24.0. The van der Waals surface area contributed by atoms with E-state index in [2.05, 4.69) is 10.6 Å². The number of carbonyl (C=O) groups excluding carboxylic acids is 4. The van der Waals surface area contributed by atoms with Gasteiger partial charge in [0.15, 0.2) is 0 Å². The molecule has 1 aliphatic rings. The van der Waals surface area contributed by atoms with Crippen molar-refractivity contribution in [3.05, 3.63) is 59.1 Å². The van der Waals surface area contributed by atoms with E-state index in [1.54, 1.807) is 60.5 Å². The molecular formula is C30H39ClN4O6. The maximum atomic E-state index is 13.5. The van der Waals surface area contributed by atoms with Crippen LogP contribution in [-0.2, 0) is 14.4 Å². The summed E-state index contributed by atoms with van der Waals surface area (Å²) in [4.78, 5) is 56.5. The van der Waals surface area contributed by atoms with Gasteiger partial charge in [-0.05, 0) is 55.7 Å². The summed E-state index contributed by atoms with van der Waals surface area (Å²) < 4.78 is 11.6.